The molecule has 0 radical (unpaired) electrons. The van der Waals surface area contributed by atoms with Gasteiger partial charge in [0.1, 0.15) is 7.48 Å². The molecule has 20 heavy (non-hydrogen) atoms. The Balaban J connectivity index is 1.52. The first-order valence-corrected chi connectivity index (χ1v) is 7.42. The zero-order valence-corrected chi connectivity index (χ0v) is 11.7. The molecule has 1 aromatic heterocycles. The predicted molar refractivity (Wildman–Crippen MR) is 77.2 cm³/mol. The fourth-order valence-electron chi connectivity index (χ4n) is 3.39. The molecule has 2 N–H and O–H groups in total. The van der Waals surface area contributed by atoms with Crippen LogP contribution in [0.5, 0.6) is 0 Å². The molecule has 5 heteroatoms. The topological polar surface area (TPSA) is 73.6 Å². The average molecular weight is 272 g/mol. The smallest absolute Gasteiger partial charge is 0.222 e. The van der Waals surface area contributed by atoms with Crippen LogP contribution in [0.1, 0.15) is 44.1 Å². The van der Waals surface area contributed by atoms with E-state index >= 15 is 0 Å². The number of hydrogen-bond acceptors (Lipinski definition) is 5. The van der Waals surface area contributed by atoms with Crippen LogP contribution in [0.4, 0.5) is 5.95 Å². The number of anilines is 1. The monoisotopic (exact) mass is 272 g/mol. The van der Waals surface area contributed by atoms with E-state index in [2.05, 4.69) is 15.3 Å². The highest BCUT2D eigenvalue weighted by Crippen LogP contribution is 2.43. The predicted octanol–water partition coefficient (Wildman–Crippen LogP) is 2.07. The SMILES string of the molecule is [2H]N1CCC2(CCC(Nc3ncc(C#N)cn3)CC2)CC1. The van der Waals surface area contributed by atoms with Gasteiger partial charge >= 0.3 is 0 Å². The van der Waals surface area contributed by atoms with Crippen LogP contribution in [0.3, 0.4) is 0 Å². The molecule has 0 bridgehead atoms. The fourth-order valence-corrected chi connectivity index (χ4v) is 3.39. The molecule has 1 aromatic rings. The summed E-state index contributed by atoms with van der Waals surface area (Å²) in [6.45, 7) is 1.83. The Morgan fingerprint density at radius 1 is 1.25 bits per heavy atom. The molecule has 2 aliphatic rings. The molecule has 1 aliphatic carbocycles. The molecular formula is C15H21N5. The summed E-state index contributed by atoms with van der Waals surface area (Å²) < 4.78 is 7.68. The van der Waals surface area contributed by atoms with E-state index < -0.39 is 0 Å². The first-order valence-electron chi connectivity index (χ1n) is 7.86. The molecule has 2 fully saturated rings. The lowest BCUT2D eigenvalue weighted by atomic mass is 9.67. The molecule has 1 spiro atoms. The van der Waals surface area contributed by atoms with Gasteiger partial charge in [0.05, 0.1) is 18.0 Å². The maximum atomic E-state index is 8.74. The zero-order chi connectivity index (χ0) is 14.7. The van der Waals surface area contributed by atoms with Crippen LogP contribution in [0.25, 0.3) is 0 Å². The highest BCUT2D eigenvalue weighted by atomic mass is 15.1. The minimum Gasteiger partial charge on any atom is -0.351 e. The van der Waals surface area contributed by atoms with Crippen molar-refractivity contribution in [1.29, 1.82) is 5.26 Å². The van der Waals surface area contributed by atoms with E-state index in [-0.39, 0.29) is 0 Å². The van der Waals surface area contributed by atoms with Crippen LogP contribution in [-0.4, -0.2) is 29.1 Å². The van der Waals surface area contributed by atoms with Gasteiger partial charge in [-0.2, -0.15) is 5.26 Å². The second kappa shape index (κ2) is 5.76. The molecule has 0 aromatic carbocycles. The van der Waals surface area contributed by atoms with Gasteiger partial charge in [0, 0.05) is 6.04 Å². The molecule has 0 amide bonds. The van der Waals surface area contributed by atoms with Crippen molar-refractivity contribution in [2.75, 3.05) is 18.4 Å². The number of nitriles is 1. The first-order chi connectivity index (χ1) is 10.2. The van der Waals surface area contributed by atoms with Gasteiger partial charge in [-0.15, -0.1) is 0 Å². The number of hydrogen-bond donors (Lipinski definition) is 2. The standard InChI is InChI=1S/C15H21N5/c16-9-12-10-18-14(19-11-12)20-13-1-3-15(4-2-13)5-7-17-8-6-15/h10-11,13,17H,1-8H2,(H,18,19,20)/i/hD. The van der Waals surface area contributed by atoms with Gasteiger partial charge in [-0.25, -0.2) is 9.97 Å². The van der Waals surface area contributed by atoms with Gasteiger partial charge in [-0.3, -0.25) is 0 Å². The second-order valence-electron chi connectivity index (χ2n) is 6.00. The van der Waals surface area contributed by atoms with Gasteiger partial charge in [-0.05, 0) is 57.0 Å². The van der Waals surface area contributed by atoms with Crippen molar-refractivity contribution in [1.82, 2.24) is 15.3 Å². The zero-order valence-electron chi connectivity index (χ0n) is 12.7. The maximum Gasteiger partial charge on any atom is 0.222 e. The second-order valence-corrected chi connectivity index (χ2v) is 6.00. The molecule has 1 saturated carbocycles. The van der Waals surface area contributed by atoms with Crippen LogP contribution in [-0.2, 0) is 0 Å². The Kier molecular flexibility index (Phi) is 3.48. The summed E-state index contributed by atoms with van der Waals surface area (Å²) in [6.07, 6.45) is 10.2. The van der Waals surface area contributed by atoms with Crippen LogP contribution in [0.15, 0.2) is 12.4 Å². The lowest BCUT2D eigenvalue weighted by molar-refractivity contribution is 0.127. The van der Waals surface area contributed by atoms with Crippen molar-refractivity contribution in [3.63, 3.8) is 0 Å². The molecule has 3 rings (SSSR count). The Bertz CT molecular complexity index is 506. The molecule has 0 atom stereocenters. The van der Waals surface area contributed by atoms with Gasteiger partial charge in [0.15, 0.2) is 0 Å². The van der Waals surface area contributed by atoms with Gasteiger partial charge in [-0.1, -0.05) is 0 Å². The summed E-state index contributed by atoms with van der Waals surface area (Å²) in [6, 6.07) is 2.46. The molecule has 106 valence electrons. The van der Waals surface area contributed by atoms with E-state index in [0.29, 0.717) is 23.0 Å². The number of rotatable bonds is 2. The summed E-state index contributed by atoms with van der Waals surface area (Å²) in [7, 11) is 0. The maximum absolute atomic E-state index is 8.74. The van der Waals surface area contributed by atoms with Gasteiger partial charge in [0.25, 0.3) is 0 Å². The van der Waals surface area contributed by atoms with Crippen molar-refractivity contribution in [2.45, 2.75) is 44.6 Å². The lowest BCUT2D eigenvalue weighted by Gasteiger charge is -2.43. The number of aromatic nitrogens is 2. The van der Waals surface area contributed by atoms with Crippen LogP contribution >= 0.6 is 0 Å². The van der Waals surface area contributed by atoms with Crippen LogP contribution in [0, 0.1) is 16.7 Å². The normalized spacial score (nSPS) is 24.1. The molecule has 0 unspecified atom stereocenters. The van der Waals surface area contributed by atoms with Crippen molar-refractivity contribution < 1.29 is 1.41 Å². The van der Waals surface area contributed by atoms with Crippen LogP contribution < -0.4 is 10.6 Å². The minimum atomic E-state index is 0.428. The minimum absolute atomic E-state index is 0.428. The van der Waals surface area contributed by atoms with Crippen molar-refractivity contribution in [3.05, 3.63) is 18.0 Å². The third-order valence-electron chi connectivity index (χ3n) is 4.76. The summed E-state index contributed by atoms with van der Waals surface area (Å²) >= 11 is 0. The molecule has 1 saturated heterocycles. The van der Waals surface area contributed by atoms with E-state index in [0.717, 1.165) is 38.8 Å². The largest absolute Gasteiger partial charge is 0.351 e. The highest BCUT2D eigenvalue weighted by Gasteiger charge is 2.36. The summed E-state index contributed by atoms with van der Waals surface area (Å²) in [5.41, 5.74) is 0.964. The Morgan fingerprint density at radius 3 is 2.50 bits per heavy atom. The number of nitrogens with one attached hydrogen (secondary N) is 2. The van der Waals surface area contributed by atoms with Crippen LogP contribution in [0.2, 0.25) is 1.41 Å². The van der Waals surface area contributed by atoms with E-state index in [9.17, 15) is 0 Å². The lowest BCUT2D eigenvalue weighted by Crippen LogP contribution is -2.41. The van der Waals surface area contributed by atoms with Gasteiger partial charge in [0.2, 0.25) is 5.95 Å². The third-order valence-corrected chi connectivity index (χ3v) is 4.76. The fraction of sp³-hybridized carbons (Fsp3) is 0.667. The average Bonchev–Trinajstić information content (AvgIpc) is 2.54. The molecule has 5 nitrogen and oxygen atoms in total. The van der Waals surface area contributed by atoms with E-state index in [1.165, 1.54) is 12.8 Å². The Labute approximate surface area is 121 Å². The third kappa shape index (κ3) is 2.91. The first kappa shape index (κ1) is 12.1. The number of nitrogens with zero attached hydrogens (tertiary/aromatic N) is 3. The van der Waals surface area contributed by atoms with Crippen molar-refractivity contribution in [3.8, 4) is 6.07 Å². The molecule has 1 aliphatic heterocycles. The summed E-state index contributed by atoms with van der Waals surface area (Å²) in [5, 5.41) is 13.8. The molecule has 2 heterocycles. The Hall–Kier alpha value is -1.67. The summed E-state index contributed by atoms with van der Waals surface area (Å²) in [4.78, 5) is 8.36. The quantitative estimate of drug-likeness (QED) is 0.862. The van der Waals surface area contributed by atoms with E-state index in [4.69, 9.17) is 6.67 Å². The van der Waals surface area contributed by atoms with Crippen molar-refractivity contribution >= 4 is 5.95 Å². The van der Waals surface area contributed by atoms with Gasteiger partial charge < -0.3 is 10.6 Å². The Morgan fingerprint density at radius 2 is 1.90 bits per heavy atom. The van der Waals surface area contributed by atoms with E-state index in [1.807, 2.05) is 6.07 Å². The highest BCUT2D eigenvalue weighted by molar-refractivity contribution is 5.31. The number of piperidine rings is 1. The molecular weight excluding hydrogens is 250 g/mol. The van der Waals surface area contributed by atoms with Crippen molar-refractivity contribution in [2.24, 2.45) is 5.41 Å². The van der Waals surface area contributed by atoms with E-state index in [1.54, 1.807) is 17.7 Å². The summed E-state index contributed by atoms with van der Waals surface area (Å²) in [5.74, 6) is 0.621.